The molecule has 0 saturated heterocycles. The number of anilines is 1. The highest BCUT2D eigenvalue weighted by Crippen LogP contribution is 2.24. The van der Waals surface area contributed by atoms with Crippen LogP contribution in [0.5, 0.6) is 0 Å². The molecule has 0 fully saturated rings. The summed E-state index contributed by atoms with van der Waals surface area (Å²) in [6, 6.07) is 7.50. The predicted molar refractivity (Wildman–Crippen MR) is 67.7 cm³/mol. The number of nitrogens with one attached hydrogen (secondary N) is 1. The molecule has 0 aliphatic heterocycles. The molecule has 1 atom stereocenters. The summed E-state index contributed by atoms with van der Waals surface area (Å²) in [4.78, 5) is 3.92. The van der Waals surface area contributed by atoms with Crippen LogP contribution >= 0.6 is 27.5 Å². The number of furan rings is 1. The van der Waals surface area contributed by atoms with Crippen molar-refractivity contribution in [1.29, 1.82) is 0 Å². The van der Waals surface area contributed by atoms with Crippen molar-refractivity contribution in [3.8, 4) is 0 Å². The molecule has 2 rings (SSSR count). The number of hydrogen-bond donors (Lipinski definition) is 1. The highest BCUT2D eigenvalue weighted by Gasteiger charge is 2.09. The van der Waals surface area contributed by atoms with Crippen LogP contribution in [0.25, 0.3) is 0 Å². The lowest BCUT2D eigenvalue weighted by atomic mass is 10.2. The highest BCUT2D eigenvalue weighted by atomic mass is 79.9. The first kappa shape index (κ1) is 11.5. The predicted octanol–water partition coefficient (Wildman–Crippen LogP) is 4.26. The summed E-state index contributed by atoms with van der Waals surface area (Å²) in [5.41, 5.74) is 0.917. The first-order chi connectivity index (χ1) is 7.65. The lowest BCUT2D eigenvalue weighted by Crippen LogP contribution is -2.05. The molecule has 0 aliphatic carbocycles. The Kier molecular flexibility index (Phi) is 3.51. The molecule has 1 unspecified atom stereocenters. The SMILES string of the molecule is CC(Nc1ccnc(Cl)c1)c1ccc(Br)o1. The summed E-state index contributed by atoms with van der Waals surface area (Å²) in [5.74, 6) is 0.861. The van der Waals surface area contributed by atoms with Crippen LogP contribution in [0.2, 0.25) is 5.15 Å². The van der Waals surface area contributed by atoms with Gasteiger partial charge in [0.2, 0.25) is 0 Å². The zero-order valence-corrected chi connectivity index (χ0v) is 10.9. The number of rotatable bonds is 3. The molecule has 0 saturated carbocycles. The number of pyridine rings is 1. The lowest BCUT2D eigenvalue weighted by molar-refractivity contribution is 0.471. The zero-order valence-electron chi connectivity index (χ0n) is 8.58. The van der Waals surface area contributed by atoms with Gasteiger partial charge in [-0.1, -0.05) is 11.6 Å². The van der Waals surface area contributed by atoms with Gasteiger partial charge >= 0.3 is 0 Å². The number of hydrogen-bond acceptors (Lipinski definition) is 3. The summed E-state index contributed by atoms with van der Waals surface area (Å²) in [5, 5.41) is 3.74. The third-order valence-corrected chi connectivity index (χ3v) is 2.76. The van der Waals surface area contributed by atoms with Crippen molar-refractivity contribution in [2.75, 3.05) is 5.32 Å². The van der Waals surface area contributed by atoms with Crippen LogP contribution < -0.4 is 5.32 Å². The molecule has 0 spiro atoms. The van der Waals surface area contributed by atoms with Gasteiger partial charge in [-0.25, -0.2) is 4.98 Å². The van der Waals surface area contributed by atoms with Crippen molar-refractivity contribution in [1.82, 2.24) is 4.98 Å². The molecule has 84 valence electrons. The minimum atomic E-state index is 0.0739. The van der Waals surface area contributed by atoms with Crippen molar-refractivity contribution in [3.63, 3.8) is 0 Å². The monoisotopic (exact) mass is 300 g/mol. The second-order valence-corrected chi connectivity index (χ2v) is 4.54. The summed E-state index contributed by atoms with van der Waals surface area (Å²) < 4.78 is 6.18. The smallest absolute Gasteiger partial charge is 0.169 e. The third kappa shape index (κ3) is 2.77. The zero-order chi connectivity index (χ0) is 11.5. The van der Waals surface area contributed by atoms with Gasteiger partial charge in [-0.3, -0.25) is 0 Å². The largest absolute Gasteiger partial charge is 0.452 e. The van der Waals surface area contributed by atoms with E-state index in [1.807, 2.05) is 25.1 Å². The van der Waals surface area contributed by atoms with Gasteiger partial charge < -0.3 is 9.73 Å². The van der Waals surface area contributed by atoms with E-state index in [2.05, 4.69) is 26.2 Å². The molecule has 2 aromatic heterocycles. The maximum absolute atomic E-state index is 5.80. The van der Waals surface area contributed by atoms with Gasteiger partial charge in [0, 0.05) is 11.9 Å². The number of nitrogens with zero attached hydrogens (tertiary/aromatic N) is 1. The number of halogens is 2. The fraction of sp³-hybridized carbons (Fsp3) is 0.182. The average molecular weight is 302 g/mol. The molecule has 2 heterocycles. The Labute approximate surface area is 107 Å². The van der Waals surface area contributed by atoms with E-state index in [0.29, 0.717) is 5.15 Å². The Morgan fingerprint density at radius 3 is 2.88 bits per heavy atom. The molecule has 0 amide bonds. The lowest BCUT2D eigenvalue weighted by Gasteiger charge is -2.12. The van der Waals surface area contributed by atoms with Gasteiger partial charge in [-0.2, -0.15) is 0 Å². The van der Waals surface area contributed by atoms with Crippen LogP contribution in [0.4, 0.5) is 5.69 Å². The Bertz CT molecular complexity index is 486. The summed E-state index contributed by atoms with van der Waals surface area (Å²) in [6.45, 7) is 2.01. The van der Waals surface area contributed by atoms with Crippen molar-refractivity contribution in [3.05, 3.63) is 46.0 Å². The number of aromatic nitrogens is 1. The standard InChI is InChI=1S/C11H10BrClN2O/c1-7(9-2-3-10(12)16-9)15-8-4-5-14-11(13)6-8/h2-7H,1H3,(H,14,15). The van der Waals surface area contributed by atoms with Gasteiger partial charge in [-0.15, -0.1) is 0 Å². The van der Waals surface area contributed by atoms with Crippen LogP contribution in [0.3, 0.4) is 0 Å². The molecule has 5 heteroatoms. The van der Waals surface area contributed by atoms with E-state index < -0.39 is 0 Å². The normalized spacial score (nSPS) is 12.4. The molecule has 0 bridgehead atoms. The van der Waals surface area contributed by atoms with Crippen molar-refractivity contribution >= 4 is 33.2 Å². The van der Waals surface area contributed by atoms with Crippen molar-refractivity contribution in [2.24, 2.45) is 0 Å². The second-order valence-electron chi connectivity index (χ2n) is 3.38. The van der Waals surface area contributed by atoms with E-state index in [0.717, 1.165) is 16.1 Å². The fourth-order valence-electron chi connectivity index (χ4n) is 1.37. The topological polar surface area (TPSA) is 38.1 Å². The third-order valence-electron chi connectivity index (χ3n) is 2.13. The van der Waals surface area contributed by atoms with E-state index in [1.165, 1.54) is 0 Å². The van der Waals surface area contributed by atoms with Gasteiger partial charge in [0.25, 0.3) is 0 Å². The molecule has 3 nitrogen and oxygen atoms in total. The van der Waals surface area contributed by atoms with Crippen LogP contribution in [0.15, 0.2) is 39.5 Å². The van der Waals surface area contributed by atoms with Crippen LogP contribution in [0, 0.1) is 0 Å². The maximum Gasteiger partial charge on any atom is 0.169 e. The fourth-order valence-corrected chi connectivity index (χ4v) is 1.87. The molecule has 1 N–H and O–H groups in total. The van der Waals surface area contributed by atoms with Gasteiger partial charge in [0.05, 0.1) is 6.04 Å². The first-order valence-electron chi connectivity index (χ1n) is 4.78. The van der Waals surface area contributed by atoms with Crippen molar-refractivity contribution in [2.45, 2.75) is 13.0 Å². The Morgan fingerprint density at radius 1 is 1.44 bits per heavy atom. The second kappa shape index (κ2) is 4.89. The van der Waals surface area contributed by atoms with E-state index >= 15 is 0 Å². The van der Waals surface area contributed by atoms with Gasteiger partial charge in [-0.05, 0) is 47.1 Å². The first-order valence-corrected chi connectivity index (χ1v) is 5.95. The van der Waals surface area contributed by atoms with E-state index in [9.17, 15) is 0 Å². The van der Waals surface area contributed by atoms with Crippen LogP contribution in [-0.2, 0) is 0 Å². The Morgan fingerprint density at radius 2 is 2.25 bits per heavy atom. The van der Waals surface area contributed by atoms with E-state index in [-0.39, 0.29) is 6.04 Å². The minimum Gasteiger partial charge on any atom is -0.452 e. The molecule has 2 aromatic rings. The summed E-state index contributed by atoms with van der Waals surface area (Å²) in [6.07, 6.45) is 1.66. The quantitative estimate of drug-likeness (QED) is 0.861. The maximum atomic E-state index is 5.80. The van der Waals surface area contributed by atoms with E-state index in [4.69, 9.17) is 16.0 Å². The highest BCUT2D eigenvalue weighted by molar-refractivity contribution is 9.10. The molecule has 0 radical (unpaired) electrons. The van der Waals surface area contributed by atoms with E-state index in [1.54, 1.807) is 12.3 Å². The minimum absolute atomic E-state index is 0.0739. The van der Waals surface area contributed by atoms with Crippen LogP contribution in [0.1, 0.15) is 18.7 Å². The summed E-state index contributed by atoms with van der Waals surface area (Å²) >= 11 is 9.07. The van der Waals surface area contributed by atoms with Gasteiger partial charge in [0.15, 0.2) is 4.67 Å². The van der Waals surface area contributed by atoms with Crippen molar-refractivity contribution < 1.29 is 4.42 Å². The molecular formula is C11H10BrClN2O. The Hall–Kier alpha value is -1.000. The van der Waals surface area contributed by atoms with Crippen LogP contribution in [-0.4, -0.2) is 4.98 Å². The average Bonchev–Trinajstić information content (AvgIpc) is 2.65. The molecule has 16 heavy (non-hydrogen) atoms. The molecular weight excluding hydrogens is 291 g/mol. The molecule has 0 aromatic carbocycles. The summed E-state index contributed by atoms with van der Waals surface area (Å²) in [7, 11) is 0. The molecule has 0 aliphatic rings. The Balaban J connectivity index is 2.10. The van der Waals surface area contributed by atoms with Gasteiger partial charge in [0.1, 0.15) is 10.9 Å².